The van der Waals surface area contributed by atoms with Gasteiger partial charge in [-0.15, -0.1) is 0 Å². The monoisotopic (exact) mass is 496 g/mol. The van der Waals surface area contributed by atoms with E-state index in [1.807, 2.05) is 48.5 Å². The fourth-order valence-electron chi connectivity index (χ4n) is 3.89. The van der Waals surface area contributed by atoms with Crippen LogP contribution in [0.4, 0.5) is 0 Å². The SMILES string of the molecule is COc1ccc(C(=O)[C@H](CC[C@@H](CNC(C)(C)C)C(=O)c2ccc(OC)cc2)CNC(C)(C)C)cc1. The standard InChI is InChI=1S/C30H44N2O4/c1-29(2,3)31-19-23(27(33)21-11-15-25(35-7)16-12-21)9-10-24(20-32-30(4,5)6)28(34)22-13-17-26(36-8)18-14-22/h11-18,23-24,31-32H,9-10,19-20H2,1-8H3/t23-,24+. The van der Waals surface area contributed by atoms with E-state index in [9.17, 15) is 9.59 Å². The number of nitrogens with one attached hydrogen (secondary N) is 2. The van der Waals surface area contributed by atoms with Gasteiger partial charge in [0.25, 0.3) is 0 Å². The predicted octanol–water partition coefficient (Wildman–Crippen LogP) is 5.56. The first-order chi connectivity index (χ1) is 16.8. The predicted molar refractivity (Wildman–Crippen MR) is 146 cm³/mol. The smallest absolute Gasteiger partial charge is 0.167 e. The van der Waals surface area contributed by atoms with Crippen molar-refractivity contribution in [1.29, 1.82) is 0 Å². The third-order valence-corrected chi connectivity index (χ3v) is 6.11. The van der Waals surface area contributed by atoms with E-state index in [2.05, 4.69) is 52.2 Å². The molecule has 0 saturated heterocycles. The van der Waals surface area contributed by atoms with Gasteiger partial charge in [-0.05, 0) is 103 Å². The van der Waals surface area contributed by atoms with Crippen molar-refractivity contribution in [2.75, 3.05) is 27.3 Å². The Morgan fingerprint density at radius 3 is 1.19 bits per heavy atom. The number of methoxy groups -OCH3 is 2. The first kappa shape index (κ1) is 29.5. The van der Waals surface area contributed by atoms with Crippen molar-refractivity contribution >= 4 is 11.6 Å². The maximum absolute atomic E-state index is 13.5. The molecule has 0 fully saturated rings. The highest BCUT2D eigenvalue weighted by Crippen LogP contribution is 2.24. The Morgan fingerprint density at radius 1 is 0.639 bits per heavy atom. The summed E-state index contributed by atoms with van der Waals surface area (Å²) >= 11 is 0. The molecule has 0 saturated carbocycles. The van der Waals surface area contributed by atoms with Crippen LogP contribution in [0, 0.1) is 11.8 Å². The molecule has 6 heteroatoms. The van der Waals surface area contributed by atoms with E-state index < -0.39 is 0 Å². The molecule has 2 atom stereocenters. The van der Waals surface area contributed by atoms with Gasteiger partial charge < -0.3 is 20.1 Å². The number of carbonyl (C=O) groups excluding carboxylic acids is 2. The Balaban J connectivity index is 2.24. The van der Waals surface area contributed by atoms with Crippen molar-refractivity contribution in [3.05, 3.63) is 59.7 Å². The molecule has 198 valence electrons. The Bertz CT molecular complexity index is 888. The summed E-state index contributed by atoms with van der Waals surface area (Å²) in [6.45, 7) is 13.6. The maximum Gasteiger partial charge on any atom is 0.167 e. The molecule has 2 rings (SSSR count). The molecular weight excluding hydrogens is 452 g/mol. The second kappa shape index (κ2) is 13.0. The van der Waals surface area contributed by atoms with Crippen molar-refractivity contribution in [3.8, 4) is 11.5 Å². The topological polar surface area (TPSA) is 76.7 Å². The summed E-state index contributed by atoms with van der Waals surface area (Å²) in [4.78, 5) is 27.0. The largest absolute Gasteiger partial charge is 0.497 e. The molecule has 0 aliphatic heterocycles. The van der Waals surface area contributed by atoms with Crippen molar-refractivity contribution in [3.63, 3.8) is 0 Å². The maximum atomic E-state index is 13.5. The molecule has 0 bridgehead atoms. The lowest BCUT2D eigenvalue weighted by Gasteiger charge is -2.28. The lowest BCUT2D eigenvalue weighted by atomic mass is 9.85. The van der Waals surface area contributed by atoms with Crippen LogP contribution in [0.1, 0.15) is 75.1 Å². The highest BCUT2D eigenvalue weighted by molar-refractivity contribution is 5.99. The fraction of sp³-hybridized carbons (Fsp3) is 0.533. The van der Waals surface area contributed by atoms with Gasteiger partial charge in [0.15, 0.2) is 11.6 Å². The number of rotatable bonds is 13. The highest BCUT2D eigenvalue weighted by Gasteiger charge is 2.27. The second-order valence-electron chi connectivity index (χ2n) is 11.4. The average Bonchev–Trinajstić information content (AvgIpc) is 2.83. The molecular formula is C30H44N2O4. The van der Waals surface area contributed by atoms with Gasteiger partial charge in [-0.25, -0.2) is 0 Å². The van der Waals surface area contributed by atoms with Gasteiger partial charge in [-0.3, -0.25) is 9.59 Å². The van der Waals surface area contributed by atoms with Gasteiger partial charge in [0, 0.05) is 47.1 Å². The normalized spacial score (nSPS) is 13.7. The summed E-state index contributed by atoms with van der Waals surface area (Å²) in [6, 6.07) is 14.5. The van der Waals surface area contributed by atoms with Gasteiger partial charge in [0.1, 0.15) is 11.5 Å². The summed E-state index contributed by atoms with van der Waals surface area (Å²) in [5.41, 5.74) is 1.07. The molecule has 0 heterocycles. The van der Waals surface area contributed by atoms with Crippen molar-refractivity contribution in [2.45, 2.75) is 65.5 Å². The number of ketones is 2. The van der Waals surface area contributed by atoms with Gasteiger partial charge in [0.05, 0.1) is 14.2 Å². The van der Waals surface area contributed by atoms with E-state index in [-0.39, 0.29) is 34.5 Å². The van der Waals surface area contributed by atoms with Gasteiger partial charge in [-0.2, -0.15) is 0 Å². The highest BCUT2D eigenvalue weighted by atomic mass is 16.5. The van der Waals surface area contributed by atoms with Gasteiger partial charge in [-0.1, -0.05) is 0 Å². The van der Waals surface area contributed by atoms with Crippen LogP contribution in [0.3, 0.4) is 0 Å². The molecule has 0 radical (unpaired) electrons. The number of Topliss-reactive ketones (excluding diaryl/α,β-unsaturated/α-hetero) is 2. The number of ether oxygens (including phenoxy) is 2. The van der Waals surface area contributed by atoms with Crippen LogP contribution in [-0.2, 0) is 0 Å². The van der Waals surface area contributed by atoms with Crippen LogP contribution < -0.4 is 20.1 Å². The zero-order valence-corrected chi connectivity index (χ0v) is 23.2. The number of carbonyl (C=O) groups is 2. The van der Waals surface area contributed by atoms with Crippen molar-refractivity contribution in [2.24, 2.45) is 11.8 Å². The Labute approximate surface area is 217 Å². The molecule has 0 aliphatic carbocycles. The molecule has 2 aromatic carbocycles. The van der Waals surface area contributed by atoms with E-state index >= 15 is 0 Å². The van der Waals surface area contributed by atoms with E-state index in [4.69, 9.17) is 9.47 Å². The van der Waals surface area contributed by atoms with Crippen LogP contribution in [0.25, 0.3) is 0 Å². The minimum atomic E-state index is -0.251. The third kappa shape index (κ3) is 9.75. The summed E-state index contributed by atoms with van der Waals surface area (Å²) < 4.78 is 10.5. The summed E-state index contributed by atoms with van der Waals surface area (Å²) in [5.74, 6) is 1.09. The number of hydrogen-bond donors (Lipinski definition) is 2. The Hall–Kier alpha value is -2.70. The van der Waals surface area contributed by atoms with Crippen LogP contribution >= 0.6 is 0 Å². The van der Waals surface area contributed by atoms with E-state index in [1.54, 1.807) is 14.2 Å². The second-order valence-corrected chi connectivity index (χ2v) is 11.4. The summed E-state index contributed by atoms with van der Waals surface area (Å²) in [5, 5.41) is 6.98. The zero-order chi connectivity index (χ0) is 26.9. The minimum absolute atomic E-state index is 0.0776. The van der Waals surface area contributed by atoms with Gasteiger partial charge in [0.2, 0.25) is 0 Å². The molecule has 0 aromatic heterocycles. The summed E-state index contributed by atoms with van der Waals surface area (Å²) in [7, 11) is 3.22. The Morgan fingerprint density at radius 2 is 0.944 bits per heavy atom. The van der Waals surface area contributed by atoms with Crippen molar-refractivity contribution in [1.82, 2.24) is 10.6 Å². The van der Waals surface area contributed by atoms with Crippen LogP contribution in [0.2, 0.25) is 0 Å². The van der Waals surface area contributed by atoms with Crippen LogP contribution in [-0.4, -0.2) is 50.0 Å². The molecule has 36 heavy (non-hydrogen) atoms. The minimum Gasteiger partial charge on any atom is -0.497 e. The third-order valence-electron chi connectivity index (χ3n) is 6.11. The molecule has 0 spiro atoms. The Kier molecular flexibility index (Phi) is 10.7. The molecule has 0 amide bonds. The molecule has 0 aliphatic rings. The van der Waals surface area contributed by atoms with E-state index in [0.717, 1.165) is 0 Å². The fourth-order valence-corrected chi connectivity index (χ4v) is 3.89. The quantitative estimate of drug-likeness (QED) is 0.354. The first-order valence-corrected chi connectivity index (χ1v) is 12.7. The lowest BCUT2D eigenvalue weighted by Crippen LogP contribution is -2.42. The average molecular weight is 497 g/mol. The van der Waals surface area contributed by atoms with E-state index in [1.165, 1.54) is 0 Å². The number of hydrogen-bond acceptors (Lipinski definition) is 6. The molecule has 0 unspecified atom stereocenters. The lowest BCUT2D eigenvalue weighted by molar-refractivity contribution is 0.0858. The van der Waals surface area contributed by atoms with Crippen LogP contribution in [0.5, 0.6) is 11.5 Å². The molecule has 6 nitrogen and oxygen atoms in total. The number of benzene rings is 2. The van der Waals surface area contributed by atoms with Crippen molar-refractivity contribution < 1.29 is 19.1 Å². The first-order valence-electron chi connectivity index (χ1n) is 12.7. The summed E-state index contributed by atoms with van der Waals surface area (Å²) in [6.07, 6.45) is 1.21. The molecule has 2 N–H and O–H groups in total. The zero-order valence-electron chi connectivity index (χ0n) is 23.2. The van der Waals surface area contributed by atoms with Gasteiger partial charge >= 0.3 is 0 Å². The van der Waals surface area contributed by atoms with E-state index in [0.29, 0.717) is 48.6 Å². The van der Waals surface area contributed by atoms with Crippen LogP contribution in [0.15, 0.2) is 48.5 Å². The molecule has 2 aromatic rings.